The Labute approximate surface area is 96.6 Å². The molecule has 0 unspecified atom stereocenters. The van der Waals surface area contributed by atoms with Gasteiger partial charge in [0, 0.05) is 6.92 Å². The molecule has 0 aromatic rings. The molecular formula is C12H20O4. The van der Waals surface area contributed by atoms with Crippen LogP contribution in [0.5, 0.6) is 0 Å². The molecule has 0 spiro atoms. The maximum Gasteiger partial charge on any atom is 0.337 e. The van der Waals surface area contributed by atoms with Gasteiger partial charge in [0.1, 0.15) is 6.10 Å². The Morgan fingerprint density at radius 2 is 1.81 bits per heavy atom. The SMILES string of the molecule is CCOC(=O)/C(=C/C(C)C)[C@@H](C)OC(C)=O. The van der Waals surface area contributed by atoms with Crippen molar-refractivity contribution in [2.45, 2.75) is 40.7 Å². The summed E-state index contributed by atoms with van der Waals surface area (Å²) in [5.74, 6) is -0.645. The van der Waals surface area contributed by atoms with Gasteiger partial charge in [-0.05, 0) is 19.8 Å². The van der Waals surface area contributed by atoms with E-state index in [9.17, 15) is 9.59 Å². The molecule has 0 N–H and O–H groups in total. The predicted octanol–water partition coefficient (Wildman–Crippen LogP) is 2.08. The summed E-state index contributed by atoms with van der Waals surface area (Å²) in [6, 6.07) is 0. The second-order valence-electron chi connectivity index (χ2n) is 3.84. The zero-order valence-electron chi connectivity index (χ0n) is 10.6. The van der Waals surface area contributed by atoms with Gasteiger partial charge < -0.3 is 9.47 Å². The van der Waals surface area contributed by atoms with Crippen LogP contribution in [0, 0.1) is 5.92 Å². The Balaban J connectivity index is 4.80. The summed E-state index contributed by atoms with van der Waals surface area (Å²) in [4.78, 5) is 22.4. The lowest BCUT2D eigenvalue weighted by Gasteiger charge is -2.15. The lowest BCUT2D eigenvalue weighted by atomic mass is 10.1. The van der Waals surface area contributed by atoms with Crippen molar-refractivity contribution in [3.05, 3.63) is 11.6 Å². The second kappa shape index (κ2) is 7.04. The number of ether oxygens (including phenoxy) is 2. The maximum atomic E-state index is 11.6. The molecule has 0 aliphatic heterocycles. The fourth-order valence-corrected chi connectivity index (χ4v) is 1.26. The topological polar surface area (TPSA) is 52.6 Å². The van der Waals surface area contributed by atoms with E-state index < -0.39 is 18.0 Å². The summed E-state index contributed by atoms with van der Waals surface area (Å²) < 4.78 is 9.88. The van der Waals surface area contributed by atoms with E-state index in [-0.39, 0.29) is 5.92 Å². The van der Waals surface area contributed by atoms with Crippen LogP contribution in [-0.2, 0) is 19.1 Å². The van der Waals surface area contributed by atoms with E-state index in [1.54, 1.807) is 19.9 Å². The van der Waals surface area contributed by atoms with Gasteiger partial charge in [0.25, 0.3) is 0 Å². The third-order valence-electron chi connectivity index (χ3n) is 1.80. The first-order valence-electron chi connectivity index (χ1n) is 5.44. The molecule has 4 heteroatoms. The summed E-state index contributed by atoms with van der Waals surface area (Å²) in [5, 5.41) is 0. The predicted molar refractivity (Wildman–Crippen MR) is 60.8 cm³/mol. The summed E-state index contributed by atoms with van der Waals surface area (Å²) in [6.07, 6.45) is 1.19. The molecule has 0 aromatic heterocycles. The molecule has 92 valence electrons. The Kier molecular flexibility index (Phi) is 6.46. The number of carbonyl (C=O) groups excluding carboxylic acids is 2. The molecule has 0 aliphatic carbocycles. The molecule has 0 rings (SSSR count). The van der Waals surface area contributed by atoms with Gasteiger partial charge in [-0.25, -0.2) is 4.79 Å². The van der Waals surface area contributed by atoms with Crippen molar-refractivity contribution in [2.75, 3.05) is 6.61 Å². The van der Waals surface area contributed by atoms with Crippen LogP contribution in [0.15, 0.2) is 11.6 Å². The summed E-state index contributed by atoms with van der Waals surface area (Å²) in [5.41, 5.74) is 0.395. The first-order chi connectivity index (χ1) is 7.38. The molecule has 0 radical (unpaired) electrons. The van der Waals surface area contributed by atoms with Crippen LogP contribution in [0.4, 0.5) is 0 Å². The molecule has 4 nitrogen and oxygen atoms in total. The van der Waals surface area contributed by atoms with Crippen molar-refractivity contribution in [2.24, 2.45) is 5.92 Å². The molecule has 16 heavy (non-hydrogen) atoms. The minimum absolute atomic E-state index is 0.192. The average Bonchev–Trinajstić information content (AvgIpc) is 2.12. The van der Waals surface area contributed by atoms with E-state index >= 15 is 0 Å². The summed E-state index contributed by atoms with van der Waals surface area (Å²) in [6.45, 7) is 8.91. The number of allylic oxidation sites excluding steroid dienone is 1. The highest BCUT2D eigenvalue weighted by Crippen LogP contribution is 2.12. The summed E-state index contributed by atoms with van der Waals surface area (Å²) in [7, 11) is 0. The average molecular weight is 228 g/mol. The van der Waals surface area contributed by atoms with Crippen LogP contribution in [0.1, 0.15) is 34.6 Å². The molecule has 0 aliphatic rings. The zero-order valence-corrected chi connectivity index (χ0v) is 10.6. The van der Waals surface area contributed by atoms with E-state index in [1.807, 2.05) is 13.8 Å². The van der Waals surface area contributed by atoms with Gasteiger partial charge in [-0.3, -0.25) is 4.79 Å². The maximum absolute atomic E-state index is 11.6. The lowest BCUT2D eigenvalue weighted by Crippen LogP contribution is -2.23. The third kappa shape index (κ3) is 5.53. The van der Waals surface area contributed by atoms with E-state index in [0.29, 0.717) is 12.2 Å². The molecule has 0 bridgehead atoms. The Bertz CT molecular complexity index is 279. The van der Waals surface area contributed by atoms with Crippen LogP contribution < -0.4 is 0 Å². The highest BCUT2D eigenvalue weighted by atomic mass is 16.6. The monoisotopic (exact) mass is 228 g/mol. The highest BCUT2D eigenvalue weighted by molar-refractivity contribution is 5.90. The molecule has 0 fully saturated rings. The van der Waals surface area contributed by atoms with Crippen molar-refractivity contribution in [1.82, 2.24) is 0 Å². The van der Waals surface area contributed by atoms with Gasteiger partial charge in [0.15, 0.2) is 0 Å². The van der Waals surface area contributed by atoms with Gasteiger partial charge in [0.2, 0.25) is 0 Å². The van der Waals surface area contributed by atoms with Crippen molar-refractivity contribution in [1.29, 1.82) is 0 Å². The molecular weight excluding hydrogens is 208 g/mol. The number of hydrogen-bond acceptors (Lipinski definition) is 4. The van der Waals surface area contributed by atoms with Crippen LogP contribution in [0.25, 0.3) is 0 Å². The molecule has 1 atom stereocenters. The standard InChI is InChI=1S/C12H20O4/c1-6-15-12(14)11(7-8(2)3)9(4)16-10(5)13/h7-9H,6H2,1-5H3/b11-7+/t9-/m1/s1. The lowest BCUT2D eigenvalue weighted by molar-refractivity contribution is -0.146. The Hall–Kier alpha value is -1.32. The van der Waals surface area contributed by atoms with E-state index in [4.69, 9.17) is 9.47 Å². The smallest absolute Gasteiger partial charge is 0.337 e. The van der Waals surface area contributed by atoms with Gasteiger partial charge in [-0.15, -0.1) is 0 Å². The Morgan fingerprint density at radius 1 is 1.25 bits per heavy atom. The third-order valence-corrected chi connectivity index (χ3v) is 1.80. The van der Waals surface area contributed by atoms with Crippen molar-refractivity contribution in [3.8, 4) is 0 Å². The minimum Gasteiger partial charge on any atom is -0.463 e. The highest BCUT2D eigenvalue weighted by Gasteiger charge is 2.20. The molecule has 0 heterocycles. The van der Waals surface area contributed by atoms with Crippen molar-refractivity contribution in [3.63, 3.8) is 0 Å². The number of hydrogen-bond donors (Lipinski definition) is 0. The molecule has 0 amide bonds. The van der Waals surface area contributed by atoms with Gasteiger partial charge in [-0.2, -0.15) is 0 Å². The minimum atomic E-state index is -0.570. The van der Waals surface area contributed by atoms with Gasteiger partial charge in [0.05, 0.1) is 12.2 Å². The quantitative estimate of drug-likeness (QED) is 0.534. The zero-order chi connectivity index (χ0) is 12.7. The fraction of sp³-hybridized carbons (Fsp3) is 0.667. The largest absolute Gasteiger partial charge is 0.463 e. The number of carbonyl (C=O) groups is 2. The van der Waals surface area contributed by atoms with E-state index in [0.717, 1.165) is 0 Å². The van der Waals surface area contributed by atoms with E-state index in [1.165, 1.54) is 6.92 Å². The van der Waals surface area contributed by atoms with Gasteiger partial charge in [-0.1, -0.05) is 19.9 Å². The first kappa shape index (κ1) is 14.7. The van der Waals surface area contributed by atoms with Crippen LogP contribution in [0.2, 0.25) is 0 Å². The number of rotatable bonds is 5. The fourth-order valence-electron chi connectivity index (χ4n) is 1.26. The second-order valence-corrected chi connectivity index (χ2v) is 3.84. The van der Waals surface area contributed by atoms with E-state index in [2.05, 4.69) is 0 Å². The summed E-state index contributed by atoms with van der Waals surface area (Å²) >= 11 is 0. The van der Waals surface area contributed by atoms with Crippen LogP contribution >= 0.6 is 0 Å². The van der Waals surface area contributed by atoms with Crippen LogP contribution in [-0.4, -0.2) is 24.6 Å². The first-order valence-corrected chi connectivity index (χ1v) is 5.44. The normalized spacial score (nSPS) is 13.5. The van der Waals surface area contributed by atoms with Gasteiger partial charge >= 0.3 is 11.9 Å². The molecule has 0 saturated heterocycles. The van der Waals surface area contributed by atoms with Crippen molar-refractivity contribution < 1.29 is 19.1 Å². The molecule has 0 saturated carbocycles. The Morgan fingerprint density at radius 3 is 2.19 bits per heavy atom. The van der Waals surface area contributed by atoms with Crippen molar-refractivity contribution >= 4 is 11.9 Å². The number of esters is 2. The van der Waals surface area contributed by atoms with Crippen LogP contribution in [0.3, 0.4) is 0 Å². The molecule has 0 aromatic carbocycles.